The number of nitrogens with one attached hydrogen (secondary N) is 1. The fourth-order valence-electron chi connectivity index (χ4n) is 2.85. The van der Waals surface area contributed by atoms with Crippen molar-refractivity contribution >= 4 is 51.3 Å². The molecule has 0 radical (unpaired) electrons. The number of hydrogen-bond donors (Lipinski definition) is 2. The summed E-state index contributed by atoms with van der Waals surface area (Å²) in [5, 5.41) is 16.1. The van der Waals surface area contributed by atoms with E-state index in [9.17, 15) is 9.59 Å². The molecule has 0 spiro atoms. The molecule has 3 heterocycles. The highest BCUT2D eigenvalue weighted by atomic mass is 32.2. The van der Waals surface area contributed by atoms with Crippen LogP contribution in [0, 0.1) is 0 Å². The largest absolute Gasteiger partial charge is 0.495 e. The lowest BCUT2D eigenvalue weighted by Crippen LogP contribution is -2.18. The minimum absolute atomic E-state index is 0.0772. The highest BCUT2D eigenvalue weighted by Crippen LogP contribution is 2.34. The van der Waals surface area contributed by atoms with Gasteiger partial charge in [-0.2, -0.15) is 0 Å². The number of nitrogens with two attached hydrogens (primary N) is 1. The number of ether oxygens (including phenoxy) is 1. The van der Waals surface area contributed by atoms with E-state index < -0.39 is 5.91 Å². The number of hydrogen-bond acceptors (Lipinski definition) is 8. The number of thioether (sulfide) groups is 1. The van der Waals surface area contributed by atoms with Crippen LogP contribution in [0.3, 0.4) is 0 Å². The first kappa shape index (κ1) is 21.1. The van der Waals surface area contributed by atoms with Crippen LogP contribution in [0.2, 0.25) is 0 Å². The molecule has 0 aliphatic carbocycles. The number of amides is 2. The highest BCUT2D eigenvalue weighted by molar-refractivity contribution is 7.99. The fraction of sp³-hybridized carbons (Fsp3) is 0.100. The van der Waals surface area contributed by atoms with Crippen molar-refractivity contribution in [2.24, 2.45) is 5.73 Å². The van der Waals surface area contributed by atoms with Crippen molar-refractivity contribution in [2.75, 3.05) is 18.2 Å². The molecule has 4 rings (SSSR count). The Bertz CT molecular complexity index is 1220. The van der Waals surface area contributed by atoms with E-state index in [1.165, 1.54) is 23.1 Å². The van der Waals surface area contributed by atoms with Gasteiger partial charge in [-0.15, -0.1) is 32.9 Å². The van der Waals surface area contributed by atoms with Crippen LogP contribution in [0.1, 0.15) is 10.4 Å². The molecule has 3 N–H and O–H groups in total. The minimum Gasteiger partial charge on any atom is -0.495 e. The molecule has 2 amide bonds. The van der Waals surface area contributed by atoms with Gasteiger partial charge in [0.15, 0.2) is 11.0 Å². The van der Waals surface area contributed by atoms with Gasteiger partial charge in [-0.05, 0) is 35.0 Å². The van der Waals surface area contributed by atoms with Crippen LogP contribution in [0.15, 0.2) is 58.4 Å². The predicted octanol–water partition coefficient (Wildman–Crippen LogP) is 3.90. The normalized spacial score (nSPS) is 10.7. The summed E-state index contributed by atoms with van der Waals surface area (Å²) in [6, 6.07) is 13.0. The minimum atomic E-state index is -0.583. The van der Waals surface area contributed by atoms with Gasteiger partial charge in [-0.25, -0.2) is 0 Å². The third-order valence-corrected chi connectivity index (χ3v) is 6.84. The van der Waals surface area contributed by atoms with Crippen molar-refractivity contribution in [3.63, 3.8) is 0 Å². The zero-order valence-electron chi connectivity index (χ0n) is 16.3. The summed E-state index contributed by atoms with van der Waals surface area (Å²) in [4.78, 5) is 24.9. The number of carbonyl (C=O) groups excluding carboxylic acids is 2. The van der Waals surface area contributed by atoms with E-state index in [-0.39, 0.29) is 11.7 Å². The molecule has 11 heteroatoms. The standard InChI is InChI=1S/C20H17N5O3S3/c1-28-14-6-3-2-5-13(14)25-18(15-7-4-9-29-15)23-24-20(25)31-11-16(26)22-19-12(17(21)27)8-10-30-19/h2-10H,11H2,1H3,(H2,21,27)(H,22,26). The van der Waals surface area contributed by atoms with E-state index >= 15 is 0 Å². The molecule has 3 aromatic heterocycles. The van der Waals surface area contributed by atoms with Gasteiger partial charge < -0.3 is 15.8 Å². The van der Waals surface area contributed by atoms with Gasteiger partial charge in [0.1, 0.15) is 10.8 Å². The second kappa shape index (κ2) is 9.33. The predicted molar refractivity (Wildman–Crippen MR) is 123 cm³/mol. The van der Waals surface area contributed by atoms with E-state index in [4.69, 9.17) is 10.5 Å². The number of benzene rings is 1. The zero-order chi connectivity index (χ0) is 21.8. The monoisotopic (exact) mass is 471 g/mol. The van der Waals surface area contributed by atoms with E-state index in [0.29, 0.717) is 27.3 Å². The van der Waals surface area contributed by atoms with E-state index in [0.717, 1.165) is 10.6 Å². The number of aromatic nitrogens is 3. The van der Waals surface area contributed by atoms with E-state index in [1.54, 1.807) is 29.9 Å². The maximum absolute atomic E-state index is 12.5. The summed E-state index contributed by atoms with van der Waals surface area (Å²) < 4.78 is 7.40. The molecule has 0 unspecified atom stereocenters. The van der Waals surface area contributed by atoms with Crippen molar-refractivity contribution < 1.29 is 14.3 Å². The molecular weight excluding hydrogens is 454 g/mol. The maximum atomic E-state index is 12.5. The highest BCUT2D eigenvalue weighted by Gasteiger charge is 2.21. The third-order valence-electron chi connectivity index (χ3n) is 4.22. The molecule has 8 nitrogen and oxygen atoms in total. The van der Waals surface area contributed by atoms with Crippen molar-refractivity contribution in [2.45, 2.75) is 5.16 Å². The fourth-order valence-corrected chi connectivity index (χ4v) is 5.11. The van der Waals surface area contributed by atoms with E-state index in [2.05, 4.69) is 15.5 Å². The van der Waals surface area contributed by atoms with Gasteiger partial charge >= 0.3 is 0 Å². The molecule has 0 bridgehead atoms. The number of methoxy groups -OCH3 is 1. The van der Waals surface area contributed by atoms with Crippen LogP contribution in [0.25, 0.3) is 16.4 Å². The second-order valence-corrected chi connectivity index (χ2v) is 8.96. The zero-order valence-corrected chi connectivity index (χ0v) is 18.7. The third kappa shape index (κ3) is 4.48. The van der Waals surface area contributed by atoms with E-state index in [1.807, 2.05) is 46.3 Å². The first-order valence-electron chi connectivity index (χ1n) is 9.01. The van der Waals surface area contributed by atoms with Crippen LogP contribution in [0.5, 0.6) is 5.75 Å². The van der Waals surface area contributed by atoms with Crippen molar-refractivity contribution in [1.29, 1.82) is 0 Å². The molecule has 31 heavy (non-hydrogen) atoms. The van der Waals surface area contributed by atoms with Crippen molar-refractivity contribution in [1.82, 2.24) is 14.8 Å². The average Bonchev–Trinajstić information content (AvgIpc) is 3.52. The van der Waals surface area contributed by atoms with Crippen LogP contribution < -0.4 is 15.8 Å². The van der Waals surface area contributed by atoms with Crippen LogP contribution in [-0.2, 0) is 4.79 Å². The van der Waals surface area contributed by atoms with Gasteiger partial charge in [-0.1, -0.05) is 30.0 Å². The van der Waals surface area contributed by atoms with Crippen LogP contribution in [-0.4, -0.2) is 39.4 Å². The molecular formula is C20H17N5O3S3. The summed E-state index contributed by atoms with van der Waals surface area (Å²) >= 11 is 4.03. The second-order valence-electron chi connectivity index (χ2n) is 6.16. The Hall–Kier alpha value is -3.15. The number of rotatable bonds is 8. The molecule has 0 aliphatic heterocycles. The molecule has 0 aliphatic rings. The lowest BCUT2D eigenvalue weighted by molar-refractivity contribution is -0.113. The summed E-state index contributed by atoms with van der Waals surface area (Å²) in [7, 11) is 1.60. The summed E-state index contributed by atoms with van der Waals surface area (Å²) in [6.07, 6.45) is 0. The number of anilines is 1. The topological polar surface area (TPSA) is 112 Å². The number of para-hydroxylation sites is 2. The quantitative estimate of drug-likeness (QED) is 0.377. The Balaban J connectivity index is 1.61. The maximum Gasteiger partial charge on any atom is 0.251 e. The lowest BCUT2D eigenvalue weighted by atomic mass is 10.3. The molecule has 4 aromatic rings. The number of carbonyl (C=O) groups is 2. The molecule has 158 valence electrons. The smallest absolute Gasteiger partial charge is 0.251 e. The molecule has 0 saturated heterocycles. The molecule has 1 aromatic carbocycles. The number of primary amides is 1. The summed E-state index contributed by atoms with van der Waals surface area (Å²) in [5.74, 6) is 0.545. The summed E-state index contributed by atoms with van der Waals surface area (Å²) in [5.41, 5.74) is 6.41. The molecule has 0 saturated carbocycles. The van der Waals surface area contributed by atoms with Gasteiger partial charge in [-0.3, -0.25) is 14.2 Å². The van der Waals surface area contributed by atoms with Gasteiger partial charge in [0.05, 0.1) is 29.0 Å². The molecule has 0 fully saturated rings. The number of thiophene rings is 2. The van der Waals surface area contributed by atoms with Crippen molar-refractivity contribution in [3.8, 4) is 22.1 Å². The average molecular weight is 472 g/mol. The SMILES string of the molecule is COc1ccccc1-n1c(SCC(=O)Nc2sccc2C(N)=O)nnc1-c1cccs1. The Kier molecular flexibility index (Phi) is 6.35. The Labute approximate surface area is 190 Å². The van der Waals surface area contributed by atoms with Crippen molar-refractivity contribution in [3.05, 3.63) is 58.8 Å². The molecule has 0 atom stereocenters. The lowest BCUT2D eigenvalue weighted by Gasteiger charge is -2.13. The Morgan fingerprint density at radius 2 is 1.97 bits per heavy atom. The Morgan fingerprint density at radius 3 is 2.71 bits per heavy atom. The summed E-state index contributed by atoms with van der Waals surface area (Å²) in [6.45, 7) is 0. The van der Waals surface area contributed by atoms with Gasteiger partial charge in [0.2, 0.25) is 5.91 Å². The van der Waals surface area contributed by atoms with Crippen LogP contribution >= 0.6 is 34.4 Å². The van der Waals surface area contributed by atoms with Gasteiger partial charge in [0, 0.05) is 0 Å². The number of nitrogens with zero attached hydrogens (tertiary/aromatic N) is 3. The first-order valence-corrected chi connectivity index (χ1v) is 11.8. The van der Waals surface area contributed by atoms with Crippen LogP contribution in [0.4, 0.5) is 5.00 Å². The van der Waals surface area contributed by atoms with Gasteiger partial charge in [0.25, 0.3) is 5.91 Å². The Morgan fingerprint density at radius 1 is 1.13 bits per heavy atom. The first-order chi connectivity index (χ1) is 15.1.